The Hall–Kier alpha value is -3.57. The first-order valence-corrected chi connectivity index (χ1v) is 11.0. The lowest BCUT2D eigenvalue weighted by molar-refractivity contribution is 0.0474. The molecule has 32 heavy (non-hydrogen) atoms. The molecule has 0 radical (unpaired) electrons. The summed E-state index contributed by atoms with van der Waals surface area (Å²) in [5, 5.41) is 2.82. The monoisotopic (exact) mass is 424 g/mol. The summed E-state index contributed by atoms with van der Waals surface area (Å²) in [6.07, 6.45) is 0.796. The van der Waals surface area contributed by atoms with Gasteiger partial charge in [-0.25, -0.2) is 4.79 Å². The molecular weight excluding hydrogens is 400 g/mol. The van der Waals surface area contributed by atoms with E-state index in [1.807, 2.05) is 60.7 Å². The fourth-order valence-corrected chi connectivity index (χ4v) is 4.40. The van der Waals surface area contributed by atoms with Crippen molar-refractivity contribution in [2.75, 3.05) is 19.7 Å². The first-order chi connectivity index (χ1) is 15.6. The molecule has 160 valence electrons. The molecule has 0 amide bonds. The fourth-order valence-electron chi connectivity index (χ4n) is 4.40. The number of nitrogens with zero attached hydrogens (tertiary/aromatic N) is 2. The Balaban J connectivity index is 1.43. The van der Waals surface area contributed by atoms with Gasteiger partial charge in [0.15, 0.2) is 12.4 Å². The molecule has 5 nitrogen and oxygen atoms in total. The van der Waals surface area contributed by atoms with Crippen LogP contribution in [0.1, 0.15) is 38.9 Å². The predicted octanol–water partition coefficient (Wildman–Crippen LogP) is 4.81. The second-order valence-electron chi connectivity index (χ2n) is 8.11. The maximum atomic E-state index is 13.3. The Morgan fingerprint density at radius 1 is 1.00 bits per heavy atom. The second kappa shape index (κ2) is 8.52. The van der Waals surface area contributed by atoms with Gasteiger partial charge in [0, 0.05) is 41.7 Å². The average molecular weight is 425 g/mol. The standard InChI is InChI=1S/C27H24N2O3/c1-2-29-14-13-24-22(16-29)26(21-9-5-6-10-23(21)28-24)27(31)32-17-25(30)20-12-11-18-7-3-4-8-19(18)15-20/h3-12,15H,2,13-14,16-17H2,1H3. The highest BCUT2D eigenvalue weighted by atomic mass is 16.5. The van der Waals surface area contributed by atoms with E-state index in [9.17, 15) is 9.59 Å². The minimum Gasteiger partial charge on any atom is -0.454 e. The van der Waals surface area contributed by atoms with Gasteiger partial charge >= 0.3 is 5.97 Å². The van der Waals surface area contributed by atoms with Gasteiger partial charge in [0.2, 0.25) is 0 Å². The van der Waals surface area contributed by atoms with Gasteiger partial charge in [-0.15, -0.1) is 0 Å². The van der Waals surface area contributed by atoms with Crippen LogP contribution in [0, 0.1) is 0 Å². The molecule has 0 saturated heterocycles. The molecule has 0 unspecified atom stereocenters. The lowest BCUT2D eigenvalue weighted by atomic mass is 9.96. The van der Waals surface area contributed by atoms with Crippen molar-refractivity contribution in [3.63, 3.8) is 0 Å². The number of ketones is 1. The highest BCUT2D eigenvalue weighted by Gasteiger charge is 2.26. The van der Waals surface area contributed by atoms with Crippen LogP contribution in [0.3, 0.4) is 0 Å². The van der Waals surface area contributed by atoms with Gasteiger partial charge in [0.05, 0.1) is 11.1 Å². The third-order valence-electron chi connectivity index (χ3n) is 6.18. The number of rotatable bonds is 5. The number of carbonyl (C=O) groups is 2. The summed E-state index contributed by atoms with van der Waals surface area (Å²) in [6, 6.07) is 21.0. The molecule has 4 aromatic rings. The lowest BCUT2D eigenvalue weighted by Crippen LogP contribution is -2.32. The number of Topliss-reactive ketones (excluding diaryl/α,β-unsaturated/α-hetero) is 1. The summed E-state index contributed by atoms with van der Waals surface area (Å²) in [4.78, 5) is 33.1. The summed E-state index contributed by atoms with van der Waals surface area (Å²) < 4.78 is 5.56. The average Bonchev–Trinajstić information content (AvgIpc) is 2.84. The van der Waals surface area contributed by atoms with Crippen molar-refractivity contribution in [1.82, 2.24) is 9.88 Å². The quantitative estimate of drug-likeness (QED) is 0.340. The van der Waals surface area contributed by atoms with Crippen molar-refractivity contribution in [3.05, 3.63) is 89.1 Å². The Bertz CT molecular complexity index is 1350. The van der Waals surface area contributed by atoms with Crippen molar-refractivity contribution in [2.45, 2.75) is 19.9 Å². The first-order valence-electron chi connectivity index (χ1n) is 11.0. The van der Waals surface area contributed by atoms with Crippen LogP contribution in [0.15, 0.2) is 66.7 Å². The predicted molar refractivity (Wildman–Crippen MR) is 125 cm³/mol. The van der Waals surface area contributed by atoms with Crippen molar-refractivity contribution in [2.24, 2.45) is 0 Å². The third kappa shape index (κ3) is 3.76. The molecule has 0 atom stereocenters. The molecule has 0 bridgehead atoms. The van der Waals surface area contributed by atoms with Gasteiger partial charge in [-0.2, -0.15) is 0 Å². The van der Waals surface area contributed by atoms with Crippen LogP contribution in [-0.4, -0.2) is 41.3 Å². The summed E-state index contributed by atoms with van der Waals surface area (Å²) in [5.41, 5.74) is 3.72. The highest BCUT2D eigenvalue weighted by Crippen LogP contribution is 2.29. The van der Waals surface area contributed by atoms with Crippen LogP contribution in [0.4, 0.5) is 0 Å². The molecule has 0 aliphatic carbocycles. The number of likely N-dealkylation sites (N-methyl/N-ethyl adjacent to an activating group) is 1. The first kappa shape index (κ1) is 20.3. The molecule has 5 rings (SSSR count). The van der Waals surface area contributed by atoms with E-state index in [0.29, 0.717) is 17.7 Å². The maximum absolute atomic E-state index is 13.3. The second-order valence-corrected chi connectivity index (χ2v) is 8.11. The van der Waals surface area contributed by atoms with E-state index in [1.54, 1.807) is 6.07 Å². The van der Waals surface area contributed by atoms with E-state index in [0.717, 1.165) is 52.4 Å². The fraction of sp³-hybridized carbons (Fsp3) is 0.222. The summed E-state index contributed by atoms with van der Waals surface area (Å²) in [7, 11) is 0. The Labute approximate surface area is 186 Å². The van der Waals surface area contributed by atoms with E-state index in [1.165, 1.54) is 0 Å². The number of hydrogen-bond donors (Lipinski definition) is 0. The molecule has 2 heterocycles. The minimum absolute atomic E-state index is 0.216. The van der Waals surface area contributed by atoms with Gasteiger partial charge in [0.25, 0.3) is 0 Å². The van der Waals surface area contributed by atoms with Gasteiger partial charge in [0.1, 0.15) is 0 Å². The number of benzene rings is 3. The molecule has 5 heteroatoms. The smallest absolute Gasteiger partial charge is 0.339 e. The van der Waals surface area contributed by atoms with E-state index in [-0.39, 0.29) is 12.4 Å². The van der Waals surface area contributed by atoms with Crippen molar-refractivity contribution in [3.8, 4) is 0 Å². The van der Waals surface area contributed by atoms with E-state index in [4.69, 9.17) is 9.72 Å². The van der Waals surface area contributed by atoms with Crippen LogP contribution >= 0.6 is 0 Å². The Morgan fingerprint density at radius 3 is 2.62 bits per heavy atom. The Morgan fingerprint density at radius 2 is 1.78 bits per heavy atom. The zero-order valence-electron chi connectivity index (χ0n) is 18.0. The maximum Gasteiger partial charge on any atom is 0.339 e. The molecular formula is C27H24N2O3. The van der Waals surface area contributed by atoms with E-state index in [2.05, 4.69) is 11.8 Å². The van der Waals surface area contributed by atoms with Crippen molar-refractivity contribution >= 4 is 33.4 Å². The highest BCUT2D eigenvalue weighted by molar-refractivity contribution is 6.07. The topological polar surface area (TPSA) is 59.5 Å². The van der Waals surface area contributed by atoms with E-state index < -0.39 is 5.97 Å². The molecule has 1 aliphatic heterocycles. The summed E-state index contributed by atoms with van der Waals surface area (Å²) in [5.74, 6) is -0.682. The summed E-state index contributed by atoms with van der Waals surface area (Å²) in [6.45, 7) is 4.30. The summed E-state index contributed by atoms with van der Waals surface area (Å²) >= 11 is 0. The number of esters is 1. The van der Waals surface area contributed by atoms with Gasteiger partial charge in [-0.05, 0) is 29.4 Å². The SMILES string of the molecule is CCN1CCc2nc3ccccc3c(C(=O)OCC(=O)c3ccc4ccccc4c3)c2C1. The van der Waals surface area contributed by atoms with Crippen LogP contribution in [0.25, 0.3) is 21.7 Å². The number of para-hydroxylation sites is 1. The van der Waals surface area contributed by atoms with Gasteiger partial charge in [-0.1, -0.05) is 61.5 Å². The minimum atomic E-state index is -0.466. The zero-order valence-corrected chi connectivity index (χ0v) is 18.0. The van der Waals surface area contributed by atoms with Crippen molar-refractivity contribution < 1.29 is 14.3 Å². The number of aromatic nitrogens is 1. The van der Waals surface area contributed by atoms with Crippen LogP contribution in [0.2, 0.25) is 0 Å². The lowest BCUT2D eigenvalue weighted by Gasteiger charge is -2.28. The molecule has 0 N–H and O–H groups in total. The van der Waals surface area contributed by atoms with Crippen LogP contribution in [0.5, 0.6) is 0 Å². The molecule has 1 aromatic heterocycles. The van der Waals surface area contributed by atoms with Gasteiger partial charge < -0.3 is 4.74 Å². The number of hydrogen-bond acceptors (Lipinski definition) is 5. The number of fused-ring (bicyclic) bond motifs is 3. The Kier molecular flexibility index (Phi) is 5.41. The van der Waals surface area contributed by atoms with Crippen molar-refractivity contribution in [1.29, 1.82) is 0 Å². The molecule has 0 spiro atoms. The molecule has 0 saturated carbocycles. The molecule has 1 aliphatic rings. The molecule has 3 aromatic carbocycles. The number of pyridine rings is 1. The van der Waals surface area contributed by atoms with Crippen LogP contribution < -0.4 is 0 Å². The van der Waals surface area contributed by atoms with E-state index >= 15 is 0 Å². The zero-order chi connectivity index (χ0) is 22.1. The molecule has 0 fully saturated rings. The number of ether oxygens (including phenoxy) is 1. The van der Waals surface area contributed by atoms with Crippen LogP contribution in [-0.2, 0) is 17.7 Å². The number of carbonyl (C=O) groups excluding carboxylic acids is 2. The van der Waals surface area contributed by atoms with Gasteiger partial charge in [-0.3, -0.25) is 14.7 Å². The normalized spacial score (nSPS) is 13.8. The largest absolute Gasteiger partial charge is 0.454 e. The third-order valence-corrected chi connectivity index (χ3v) is 6.18.